The molecule has 15 heavy (non-hydrogen) atoms. The summed E-state index contributed by atoms with van der Waals surface area (Å²) in [6.45, 7) is -0.842. The molecule has 0 saturated heterocycles. The largest absolute Gasteiger partial charge is 0.418 e. The van der Waals surface area contributed by atoms with Crippen LogP contribution in [0.2, 0.25) is 0 Å². The number of benzene rings is 1. The average Bonchev–Trinajstić information content (AvgIpc) is 2.17. The summed E-state index contributed by atoms with van der Waals surface area (Å²) in [5.74, 6) is 0. The van der Waals surface area contributed by atoms with E-state index in [0.717, 1.165) is 0 Å². The van der Waals surface area contributed by atoms with Gasteiger partial charge in [0.2, 0.25) is 0 Å². The van der Waals surface area contributed by atoms with Crippen molar-refractivity contribution in [1.29, 1.82) is 0 Å². The highest BCUT2D eigenvalue weighted by Crippen LogP contribution is 2.32. The predicted molar refractivity (Wildman–Crippen MR) is 50.2 cm³/mol. The van der Waals surface area contributed by atoms with E-state index < -0.39 is 24.7 Å². The van der Waals surface area contributed by atoms with E-state index in [2.05, 4.69) is 0 Å². The molecule has 3 N–H and O–H groups in total. The molecule has 0 fully saturated rings. The third kappa shape index (κ3) is 2.70. The first-order chi connectivity index (χ1) is 6.89. The Balaban J connectivity index is 2.87. The zero-order valence-electron chi connectivity index (χ0n) is 7.96. The lowest BCUT2D eigenvalue weighted by Crippen LogP contribution is -2.52. The van der Waals surface area contributed by atoms with E-state index in [-0.39, 0.29) is 0 Å². The molecule has 2 nitrogen and oxygen atoms in total. The normalized spacial score (nSPS) is 16.1. The summed E-state index contributed by atoms with van der Waals surface area (Å²) < 4.78 is 37.4. The van der Waals surface area contributed by atoms with Crippen molar-refractivity contribution < 1.29 is 18.3 Å². The Morgan fingerprint density at radius 2 is 1.67 bits per heavy atom. The second kappa shape index (κ2) is 4.20. The van der Waals surface area contributed by atoms with Gasteiger partial charge in [-0.15, -0.1) is 0 Å². The quantitative estimate of drug-likeness (QED) is 0.808. The maximum Gasteiger partial charge on any atom is 0.418 e. The van der Waals surface area contributed by atoms with Crippen molar-refractivity contribution in [2.75, 3.05) is 6.54 Å². The highest BCUT2D eigenvalue weighted by molar-refractivity contribution is 5.18. The Hall–Kier alpha value is -1.07. The number of nitrogens with two attached hydrogens (primary N) is 1. The summed E-state index contributed by atoms with van der Waals surface area (Å²) in [6, 6.07) is 7.96. The standard InChI is InChI=1S/C10H12F3NO/c11-10(12,13)9(15,7-14)6-8-4-2-1-3-5-8/h1-5,15H,6-7,14H2/t9-/m0/s1. The number of hydrogen-bond acceptors (Lipinski definition) is 2. The predicted octanol–water partition coefficient (Wildman–Crippen LogP) is 1.48. The van der Waals surface area contributed by atoms with Gasteiger partial charge in [0.15, 0.2) is 5.60 Å². The molecule has 5 heteroatoms. The molecule has 84 valence electrons. The van der Waals surface area contributed by atoms with Gasteiger partial charge in [-0.3, -0.25) is 0 Å². The minimum atomic E-state index is -4.71. The van der Waals surface area contributed by atoms with Gasteiger partial charge in [0.05, 0.1) is 0 Å². The van der Waals surface area contributed by atoms with Crippen LogP contribution in [0.25, 0.3) is 0 Å². The number of halogens is 3. The first-order valence-electron chi connectivity index (χ1n) is 4.42. The second-order valence-electron chi connectivity index (χ2n) is 3.40. The molecule has 0 amide bonds. The Bertz CT molecular complexity index is 312. The van der Waals surface area contributed by atoms with Crippen molar-refractivity contribution in [3.63, 3.8) is 0 Å². The molecule has 0 aliphatic rings. The van der Waals surface area contributed by atoms with Gasteiger partial charge >= 0.3 is 6.18 Å². The highest BCUT2D eigenvalue weighted by Gasteiger charge is 2.52. The maximum atomic E-state index is 12.5. The van der Waals surface area contributed by atoms with E-state index in [0.29, 0.717) is 5.56 Å². The Kier molecular flexibility index (Phi) is 3.36. The van der Waals surface area contributed by atoms with Crippen LogP contribution in [0.4, 0.5) is 13.2 Å². The molecule has 1 atom stereocenters. The summed E-state index contributed by atoms with van der Waals surface area (Å²) in [5, 5.41) is 9.36. The van der Waals surface area contributed by atoms with E-state index >= 15 is 0 Å². The van der Waals surface area contributed by atoms with Gasteiger partial charge in [-0.25, -0.2) is 0 Å². The topological polar surface area (TPSA) is 46.2 Å². The molecule has 0 saturated carbocycles. The van der Waals surface area contributed by atoms with Crippen molar-refractivity contribution in [2.45, 2.75) is 18.2 Å². The van der Waals surface area contributed by atoms with Gasteiger partial charge in [-0.1, -0.05) is 30.3 Å². The SMILES string of the molecule is NC[C@@](O)(Cc1ccccc1)C(F)(F)F. The molecule has 0 bridgehead atoms. The number of hydrogen-bond donors (Lipinski definition) is 2. The molecule has 0 heterocycles. The molecular formula is C10H12F3NO. The average molecular weight is 219 g/mol. The summed E-state index contributed by atoms with van der Waals surface area (Å²) in [5.41, 5.74) is 2.54. The van der Waals surface area contributed by atoms with E-state index in [1.54, 1.807) is 18.2 Å². The third-order valence-electron chi connectivity index (χ3n) is 2.20. The maximum absolute atomic E-state index is 12.5. The molecule has 1 aromatic carbocycles. The fourth-order valence-corrected chi connectivity index (χ4v) is 1.22. The lowest BCUT2D eigenvalue weighted by Gasteiger charge is -2.29. The molecule has 1 rings (SSSR count). The van der Waals surface area contributed by atoms with Crippen LogP contribution in [-0.4, -0.2) is 23.4 Å². The zero-order chi connectivity index (χ0) is 11.5. The van der Waals surface area contributed by atoms with Crippen LogP contribution in [0, 0.1) is 0 Å². The monoisotopic (exact) mass is 219 g/mol. The molecule has 0 aliphatic carbocycles. The lowest BCUT2D eigenvalue weighted by atomic mass is 9.94. The second-order valence-corrected chi connectivity index (χ2v) is 3.40. The van der Waals surface area contributed by atoms with Crippen LogP contribution in [-0.2, 0) is 6.42 Å². The molecule has 0 spiro atoms. The lowest BCUT2D eigenvalue weighted by molar-refractivity contribution is -0.255. The minimum Gasteiger partial charge on any atom is -0.379 e. The molecular weight excluding hydrogens is 207 g/mol. The smallest absolute Gasteiger partial charge is 0.379 e. The van der Waals surface area contributed by atoms with Crippen molar-refractivity contribution in [3.05, 3.63) is 35.9 Å². The first-order valence-corrected chi connectivity index (χ1v) is 4.42. The van der Waals surface area contributed by atoms with Crippen LogP contribution in [0.5, 0.6) is 0 Å². The van der Waals surface area contributed by atoms with Crippen molar-refractivity contribution >= 4 is 0 Å². The van der Waals surface area contributed by atoms with Crippen LogP contribution in [0.3, 0.4) is 0 Å². The Morgan fingerprint density at radius 3 is 2.07 bits per heavy atom. The highest BCUT2D eigenvalue weighted by atomic mass is 19.4. The summed E-state index contributed by atoms with van der Waals surface area (Å²) in [6.07, 6.45) is -5.23. The fraction of sp³-hybridized carbons (Fsp3) is 0.400. The molecule has 0 unspecified atom stereocenters. The van der Waals surface area contributed by atoms with Crippen molar-refractivity contribution in [2.24, 2.45) is 5.73 Å². The van der Waals surface area contributed by atoms with E-state index in [1.807, 2.05) is 0 Å². The van der Waals surface area contributed by atoms with Crippen LogP contribution in [0.1, 0.15) is 5.56 Å². The minimum absolute atomic E-state index is 0.405. The molecule has 0 aliphatic heterocycles. The number of rotatable bonds is 3. The number of alkyl halides is 3. The Morgan fingerprint density at radius 1 is 1.13 bits per heavy atom. The molecule has 0 radical (unpaired) electrons. The van der Waals surface area contributed by atoms with E-state index in [1.165, 1.54) is 12.1 Å². The number of aliphatic hydroxyl groups is 1. The van der Waals surface area contributed by atoms with Gasteiger partial charge in [-0.05, 0) is 5.56 Å². The van der Waals surface area contributed by atoms with Gasteiger partial charge in [0, 0.05) is 13.0 Å². The summed E-state index contributed by atoms with van der Waals surface area (Å²) >= 11 is 0. The van der Waals surface area contributed by atoms with Gasteiger partial charge in [0.25, 0.3) is 0 Å². The zero-order valence-corrected chi connectivity index (χ0v) is 7.96. The van der Waals surface area contributed by atoms with Gasteiger partial charge in [0.1, 0.15) is 0 Å². The van der Waals surface area contributed by atoms with Crippen molar-refractivity contribution in [3.8, 4) is 0 Å². The van der Waals surface area contributed by atoms with Crippen LogP contribution in [0.15, 0.2) is 30.3 Å². The van der Waals surface area contributed by atoms with Crippen molar-refractivity contribution in [1.82, 2.24) is 0 Å². The molecule has 1 aromatic rings. The fourth-order valence-electron chi connectivity index (χ4n) is 1.22. The van der Waals surface area contributed by atoms with Crippen LogP contribution < -0.4 is 5.73 Å². The van der Waals surface area contributed by atoms with E-state index in [4.69, 9.17) is 5.73 Å². The summed E-state index contributed by atoms with van der Waals surface area (Å²) in [4.78, 5) is 0. The molecule has 0 aromatic heterocycles. The van der Waals surface area contributed by atoms with Crippen LogP contribution >= 0.6 is 0 Å². The first kappa shape index (κ1) is 12.0. The van der Waals surface area contributed by atoms with Gasteiger partial charge in [-0.2, -0.15) is 13.2 Å². The summed E-state index contributed by atoms with van der Waals surface area (Å²) in [7, 11) is 0. The van der Waals surface area contributed by atoms with Gasteiger partial charge < -0.3 is 10.8 Å². The van der Waals surface area contributed by atoms with E-state index in [9.17, 15) is 18.3 Å². The Labute approximate surface area is 85.5 Å². The third-order valence-corrected chi connectivity index (χ3v) is 2.20.